The number of nitrogens with zero attached hydrogens (tertiary/aromatic N) is 3. The summed E-state index contributed by atoms with van der Waals surface area (Å²) in [5, 5.41) is 12.7. The number of nitriles is 1. The largest absolute Gasteiger partial charge is 0.334 e. The van der Waals surface area contributed by atoms with Crippen LogP contribution in [0, 0.1) is 11.3 Å². The Bertz CT molecular complexity index is 540. The first-order chi connectivity index (χ1) is 8.35. The highest BCUT2D eigenvalue weighted by Crippen LogP contribution is 2.22. The molecule has 2 aromatic rings. The molecule has 0 atom stereocenters. The van der Waals surface area contributed by atoms with Crippen LogP contribution in [0.4, 0.5) is 0 Å². The van der Waals surface area contributed by atoms with Gasteiger partial charge in [-0.2, -0.15) is 10.2 Å². The van der Waals surface area contributed by atoms with Crippen molar-refractivity contribution >= 4 is 0 Å². The van der Waals surface area contributed by atoms with Crippen LogP contribution in [0.15, 0.2) is 28.8 Å². The molecule has 0 fully saturated rings. The van der Waals surface area contributed by atoms with Crippen LogP contribution in [0.25, 0.3) is 11.5 Å². The van der Waals surface area contributed by atoms with Crippen molar-refractivity contribution in [3.63, 3.8) is 0 Å². The van der Waals surface area contributed by atoms with Crippen molar-refractivity contribution < 1.29 is 4.52 Å². The standard InChI is InChI=1S/C13H13N3O/c1-2-5-12-15-13(17-16-12)11-7-4-3-6-10(11)8-9-14/h3-4,6-7H,2,5,8H2,1H3. The third-order valence-electron chi connectivity index (χ3n) is 2.46. The fraction of sp³-hybridized carbons (Fsp3) is 0.308. The summed E-state index contributed by atoms with van der Waals surface area (Å²) in [4.78, 5) is 4.33. The second-order valence-corrected chi connectivity index (χ2v) is 3.76. The summed E-state index contributed by atoms with van der Waals surface area (Å²) in [6.07, 6.45) is 2.14. The zero-order valence-corrected chi connectivity index (χ0v) is 9.68. The van der Waals surface area contributed by atoms with Crippen LogP contribution in [0.3, 0.4) is 0 Å². The van der Waals surface area contributed by atoms with E-state index in [2.05, 4.69) is 23.1 Å². The SMILES string of the molecule is CCCc1noc(-c2ccccc2CC#N)n1. The maximum absolute atomic E-state index is 8.76. The highest BCUT2D eigenvalue weighted by molar-refractivity contribution is 5.58. The quantitative estimate of drug-likeness (QED) is 0.805. The molecular formula is C13H13N3O. The smallest absolute Gasteiger partial charge is 0.258 e. The third-order valence-corrected chi connectivity index (χ3v) is 2.46. The molecule has 0 bridgehead atoms. The molecule has 0 saturated heterocycles. The average Bonchev–Trinajstić information content (AvgIpc) is 2.79. The number of rotatable bonds is 4. The minimum atomic E-state index is 0.349. The number of aryl methyl sites for hydroxylation is 1. The van der Waals surface area contributed by atoms with Crippen molar-refractivity contribution in [1.29, 1.82) is 5.26 Å². The maximum atomic E-state index is 8.76. The topological polar surface area (TPSA) is 62.7 Å². The molecule has 0 aliphatic rings. The van der Waals surface area contributed by atoms with Crippen molar-refractivity contribution in [3.8, 4) is 17.5 Å². The summed E-state index contributed by atoms with van der Waals surface area (Å²) in [6.45, 7) is 2.07. The number of hydrogen-bond donors (Lipinski definition) is 0. The van der Waals surface area contributed by atoms with Gasteiger partial charge in [0.25, 0.3) is 5.89 Å². The predicted octanol–water partition coefficient (Wildman–Crippen LogP) is 2.76. The molecule has 2 rings (SSSR count). The Morgan fingerprint density at radius 3 is 2.94 bits per heavy atom. The van der Waals surface area contributed by atoms with Gasteiger partial charge >= 0.3 is 0 Å². The molecule has 0 aliphatic heterocycles. The molecule has 0 unspecified atom stereocenters. The molecular weight excluding hydrogens is 214 g/mol. The molecule has 0 radical (unpaired) electrons. The highest BCUT2D eigenvalue weighted by Gasteiger charge is 2.11. The second-order valence-electron chi connectivity index (χ2n) is 3.76. The first-order valence-electron chi connectivity index (χ1n) is 5.63. The molecule has 1 aromatic heterocycles. The van der Waals surface area contributed by atoms with E-state index >= 15 is 0 Å². The van der Waals surface area contributed by atoms with Gasteiger partial charge in [-0.3, -0.25) is 0 Å². The normalized spacial score (nSPS) is 10.1. The van der Waals surface area contributed by atoms with E-state index in [-0.39, 0.29) is 0 Å². The lowest BCUT2D eigenvalue weighted by atomic mass is 10.1. The Balaban J connectivity index is 2.35. The summed E-state index contributed by atoms with van der Waals surface area (Å²) in [6, 6.07) is 9.74. The van der Waals surface area contributed by atoms with E-state index in [0.29, 0.717) is 18.1 Å². The molecule has 0 spiro atoms. The lowest BCUT2D eigenvalue weighted by Crippen LogP contribution is -1.89. The van der Waals surface area contributed by atoms with Gasteiger partial charge in [-0.05, 0) is 18.1 Å². The lowest BCUT2D eigenvalue weighted by Gasteiger charge is -2.00. The molecule has 86 valence electrons. The zero-order chi connectivity index (χ0) is 12.1. The van der Waals surface area contributed by atoms with Gasteiger partial charge in [0.2, 0.25) is 0 Å². The van der Waals surface area contributed by atoms with Crippen LogP contribution in [-0.4, -0.2) is 10.1 Å². The van der Waals surface area contributed by atoms with E-state index < -0.39 is 0 Å². The molecule has 0 saturated carbocycles. The van der Waals surface area contributed by atoms with Gasteiger partial charge in [0.15, 0.2) is 5.82 Å². The monoisotopic (exact) mass is 227 g/mol. The first-order valence-corrected chi connectivity index (χ1v) is 5.63. The number of hydrogen-bond acceptors (Lipinski definition) is 4. The highest BCUT2D eigenvalue weighted by atomic mass is 16.5. The Labute approximate surface area is 99.9 Å². The molecule has 1 aromatic carbocycles. The van der Waals surface area contributed by atoms with E-state index in [9.17, 15) is 0 Å². The van der Waals surface area contributed by atoms with Crippen LogP contribution in [0.1, 0.15) is 24.7 Å². The summed E-state index contributed by atoms with van der Waals surface area (Å²) in [5.74, 6) is 1.22. The van der Waals surface area contributed by atoms with Gasteiger partial charge in [0.1, 0.15) is 0 Å². The summed E-state index contributed by atoms with van der Waals surface area (Å²) in [5.41, 5.74) is 1.77. The van der Waals surface area contributed by atoms with E-state index in [1.165, 1.54) is 0 Å². The minimum Gasteiger partial charge on any atom is -0.334 e. The van der Waals surface area contributed by atoms with Crippen molar-refractivity contribution in [2.24, 2.45) is 0 Å². The maximum Gasteiger partial charge on any atom is 0.258 e. The Morgan fingerprint density at radius 1 is 1.35 bits per heavy atom. The van der Waals surface area contributed by atoms with Gasteiger partial charge in [-0.15, -0.1) is 0 Å². The number of benzene rings is 1. The van der Waals surface area contributed by atoms with Crippen LogP contribution in [0.5, 0.6) is 0 Å². The first kappa shape index (κ1) is 11.3. The summed E-state index contributed by atoms with van der Waals surface area (Å²) in [7, 11) is 0. The minimum absolute atomic E-state index is 0.349. The molecule has 0 amide bonds. The van der Waals surface area contributed by atoms with Crippen LogP contribution < -0.4 is 0 Å². The molecule has 0 N–H and O–H groups in total. The van der Waals surface area contributed by atoms with E-state index in [1.807, 2.05) is 24.3 Å². The van der Waals surface area contributed by atoms with Crippen molar-refractivity contribution in [3.05, 3.63) is 35.7 Å². The van der Waals surface area contributed by atoms with Crippen LogP contribution in [0.2, 0.25) is 0 Å². The average molecular weight is 227 g/mol. The Morgan fingerprint density at radius 2 is 2.18 bits per heavy atom. The fourth-order valence-electron chi connectivity index (χ4n) is 1.66. The molecule has 4 heteroatoms. The van der Waals surface area contributed by atoms with Gasteiger partial charge in [-0.1, -0.05) is 30.3 Å². The Kier molecular flexibility index (Phi) is 3.51. The molecule has 1 heterocycles. The zero-order valence-electron chi connectivity index (χ0n) is 9.68. The van der Waals surface area contributed by atoms with E-state index in [4.69, 9.17) is 9.78 Å². The van der Waals surface area contributed by atoms with Crippen molar-refractivity contribution in [1.82, 2.24) is 10.1 Å². The van der Waals surface area contributed by atoms with Gasteiger partial charge in [0.05, 0.1) is 12.5 Å². The lowest BCUT2D eigenvalue weighted by molar-refractivity contribution is 0.422. The molecule has 17 heavy (non-hydrogen) atoms. The van der Waals surface area contributed by atoms with Crippen LogP contribution >= 0.6 is 0 Å². The molecule has 0 aliphatic carbocycles. The third kappa shape index (κ3) is 2.51. The fourth-order valence-corrected chi connectivity index (χ4v) is 1.66. The molecule has 4 nitrogen and oxygen atoms in total. The number of aromatic nitrogens is 2. The van der Waals surface area contributed by atoms with E-state index in [1.54, 1.807) is 0 Å². The van der Waals surface area contributed by atoms with Crippen LogP contribution in [-0.2, 0) is 12.8 Å². The van der Waals surface area contributed by atoms with Gasteiger partial charge in [-0.25, -0.2) is 0 Å². The summed E-state index contributed by atoms with van der Waals surface area (Å²) >= 11 is 0. The second kappa shape index (κ2) is 5.26. The van der Waals surface area contributed by atoms with E-state index in [0.717, 1.165) is 24.0 Å². The Hall–Kier alpha value is -2.15. The van der Waals surface area contributed by atoms with Crippen molar-refractivity contribution in [2.75, 3.05) is 0 Å². The van der Waals surface area contributed by atoms with Gasteiger partial charge < -0.3 is 4.52 Å². The van der Waals surface area contributed by atoms with Crippen molar-refractivity contribution in [2.45, 2.75) is 26.2 Å². The summed E-state index contributed by atoms with van der Waals surface area (Å²) < 4.78 is 5.22. The predicted molar refractivity (Wildman–Crippen MR) is 63.0 cm³/mol. The van der Waals surface area contributed by atoms with Gasteiger partial charge in [0, 0.05) is 12.0 Å².